The van der Waals surface area contributed by atoms with Crippen molar-refractivity contribution >= 4 is 39.8 Å². The summed E-state index contributed by atoms with van der Waals surface area (Å²) in [6.45, 7) is 0. The molecule has 0 aliphatic rings. The number of pyridine rings is 3. The number of aromatic nitrogens is 9. The van der Waals surface area contributed by atoms with Crippen molar-refractivity contribution in [2.45, 2.75) is 0 Å². The molecule has 0 spiro atoms. The molecule has 6 heterocycles. The monoisotopic (exact) mass is 1890 g/mol. The van der Waals surface area contributed by atoms with Crippen LogP contribution in [0.3, 0.4) is 0 Å². The standard InChI is InChI=1S/C27H20N3O.C25H16N3O2.C25H16N3OS.3ClH.3Pt/c1-30-26(22-15-13-21(14-16-22)20-8-3-2-4-9-20)19-25(29-30)23-10-7-11-24(18-23)31-27-12-5-6-17-28-27;2*1-2-7-18(8-3-1)19-12-14-20(15-13-19)25-27-24(28-30-25)21-9-6-10-22(17-21)29-23-11-4-5-16-26-23;;;;;;/h2-17,19H,1H3;2*1-16H;3*1H;;;/q3*-1;;;;3*+2/p-3. The van der Waals surface area contributed by atoms with E-state index in [1.807, 2.05) is 176 Å². The van der Waals surface area contributed by atoms with E-state index in [0.29, 0.717) is 58.0 Å². The molecule has 97 heavy (non-hydrogen) atoms. The first kappa shape index (κ1) is 70.5. The molecule has 0 N–H and O–H groups in total. The van der Waals surface area contributed by atoms with Crippen LogP contribution in [0.25, 0.3) is 101 Å². The fourth-order valence-electron chi connectivity index (χ4n) is 9.60. The summed E-state index contributed by atoms with van der Waals surface area (Å²) in [6.07, 6.45) is 5.07. The molecule has 0 atom stereocenters. The Kier molecular flexibility index (Phi) is 27.1. The zero-order valence-electron chi connectivity index (χ0n) is 50.9. The van der Waals surface area contributed by atoms with Crippen molar-refractivity contribution in [3.8, 4) is 136 Å². The van der Waals surface area contributed by atoms with Gasteiger partial charge < -0.3 is 18.7 Å². The van der Waals surface area contributed by atoms with Crippen LogP contribution in [0.2, 0.25) is 0 Å². The van der Waals surface area contributed by atoms with Crippen LogP contribution in [0.15, 0.2) is 302 Å². The Morgan fingerprint density at radius 1 is 0.371 bits per heavy atom. The van der Waals surface area contributed by atoms with Gasteiger partial charge in [0.15, 0.2) is 0 Å². The molecule has 0 aliphatic carbocycles. The van der Waals surface area contributed by atoms with Gasteiger partial charge >= 0.3 is 84.6 Å². The number of hydrogen-bond donors (Lipinski definition) is 0. The third-order valence-corrected chi connectivity index (χ3v) is 14.9. The summed E-state index contributed by atoms with van der Waals surface area (Å²) in [5, 5.41) is 9.67. The quantitative estimate of drug-likeness (QED) is 0.0899. The Hall–Kier alpha value is -9.33. The molecule has 15 rings (SSSR count). The molecule has 15 aromatic rings. The SMILES string of the molecule is Cn1nc(-c2[c-]c(Oc3ccccn3)ccc2)cc1-c1ccc(-c2ccccc2)cc1.[Cl][Pt+].[Cl][Pt+].[Cl][Pt+].[c-]1c(Oc2ccccn2)cccc1-c1noc(-c2ccc(-c3ccccc3)cc2)n1.[c-]1c(Oc2ccccn2)cccc1-c1nsc(-c2ccc(-c3ccccc3)cc2)n1. The van der Waals surface area contributed by atoms with Crippen LogP contribution in [0.4, 0.5) is 0 Å². The molecule has 20 heteroatoms. The molecular weight excluding hydrogens is 1840 g/mol. The second-order valence-electron chi connectivity index (χ2n) is 20.3. The molecule has 0 aliphatic heterocycles. The third-order valence-electron chi connectivity index (χ3n) is 14.1. The smallest absolute Gasteiger partial charge is 0.247 e. The van der Waals surface area contributed by atoms with Gasteiger partial charge in [-0.1, -0.05) is 200 Å². The molecule has 6 aromatic heterocycles. The van der Waals surface area contributed by atoms with Crippen molar-refractivity contribution in [2.24, 2.45) is 7.05 Å². The molecule has 9 aromatic carbocycles. The zero-order valence-corrected chi connectivity index (χ0v) is 60.8. The van der Waals surface area contributed by atoms with E-state index in [1.54, 1.807) is 87.0 Å². The Bertz CT molecular complexity index is 4610. The molecule has 0 amide bonds. The number of benzene rings is 9. The summed E-state index contributed by atoms with van der Waals surface area (Å²) in [7, 11) is 15.8. The van der Waals surface area contributed by atoms with Crippen LogP contribution in [0.5, 0.6) is 34.9 Å². The molecule has 0 saturated carbocycles. The van der Waals surface area contributed by atoms with Crippen molar-refractivity contribution in [3.63, 3.8) is 0 Å². The van der Waals surface area contributed by atoms with Crippen LogP contribution in [0, 0.1) is 18.2 Å². The molecule has 0 unspecified atom stereocenters. The van der Waals surface area contributed by atoms with Gasteiger partial charge in [0.25, 0.3) is 0 Å². The number of aryl methyl sites for hydroxylation is 1. The summed E-state index contributed by atoms with van der Waals surface area (Å²) in [5.41, 5.74) is 14.3. The van der Waals surface area contributed by atoms with Gasteiger partial charge in [-0.15, -0.1) is 70.9 Å². The molecule has 0 radical (unpaired) electrons. The van der Waals surface area contributed by atoms with Crippen molar-refractivity contribution < 1.29 is 75.1 Å². The van der Waals surface area contributed by atoms with Crippen LogP contribution < -0.4 is 14.2 Å². The molecule has 0 saturated heterocycles. The van der Waals surface area contributed by atoms with Crippen LogP contribution in [-0.2, 0) is 63.4 Å². The first-order chi connectivity index (χ1) is 48.0. The number of halogens is 3. The summed E-state index contributed by atoms with van der Waals surface area (Å²) in [5.74, 6) is 4.81. The second-order valence-corrected chi connectivity index (χ2v) is 21.1. The Balaban J connectivity index is 0.000000152. The Morgan fingerprint density at radius 2 is 0.742 bits per heavy atom. The number of ether oxygens (including phenoxy) is 3. The summed E-state index contributed by atoms with van der Waals surface area (Å²) in [4.78, 5) is 21.8. The maximum Gasteiger partial charge on any atom is 0.247 e. The van der Waals surface area contributed by atoms with Gasteiger partial charge in [0.1, 0.15) is 10.8 Å². The van der Waals surface area contributed by atoms with Crippen molar-refractivity contribution in [3.05, 3.63) is 316 Å². The topological polar surface area (TPSA) is 149 Å². The minimum absolute atomic E-state index is 0.448. The van der Waals surface area contributed by atoms with Gasteiger partial charge in [0.05, 0.1) is 11.5 Å². The minimum atomic E-state index is 0.448. The van der Waals surface area contributed by atoms with Crippen LogP contribution in [0.1, 0.15) is 0 Å². The normalized spacial score (nSPS) is 10.2. The van der Waals surface area contributed by atoms with E-state index in [0.717, 1.165) is 55.3 Å². The number of hydrogen-bond acceptors (Lipinski definition) is 13. The molecule has 0 bridgehead atoms. The Labute approximate surface area is 611 Å². The van der Waals surface area contributed by atoms with Gasteiger partial charge in [-0.3, -0.25) is 9.67 Å². The first-order valence-electron chi connectivity index (χ1n) is 29.4. The minimum Gasteiger partial charge on any atom is -0.459 e. The predicted molar refractivity (Wildman–Crippen MR) is 373 cm³/mol. The van der Waals surface area contributed by atoms with E-state index < -0.39 is 0 Å². The summed E-state index contributed by atoms with van der Waals surface area (Å²) < 4.78 is 29.2. The largest absolute Gasteiger partial charge is 0.459 e. The third kappa shape index (κ3) is 19.9. The van der Waals surface area contributed by atoms with Gasteiger partial charge in [0.2, 0.25) is 23.5 Å². The fourth-order valence-corrected chi connectivity index (χ4v) is 10.3. The molecule has 0 fully saturated rings. The van der Waals surface area contributed by atoms with Crippen molar-refractivity contribution in [1.82, 2.24) is 44.2 Å². The number of rotatable bonds is 15. The maximum atomic E-state index is 5.82. The van der Waals surface area contributed by atoms with E-state index in [9.17, 15) is 0 Å². The van der Waals surface area contributed by atoms with Gasteiger partial charge in [-0.05, 0) is 80.8 Å². The van der Waals surface area contributed by atoms with Gasteiger partial charge in [0, 0.05) is 77.9 Å². The molecule has 13 nitrogen and oxygen atoms in total. The van der Waals surface area contributed by atoms with Crippen LogP contribution >= 0.6 is 39.8 Å². The van der Waals surface area contributed by atoms with E-state index in [-0.39, 0.29) is 0 Å². The van der Waals surface area contributed by atoms with E-state index in [4.69, 9.17) is 28.8 Å². The maximum absolute atomic E-state index is 5.82. The predicted octanol–water partition coefficient (Wildman–Crippen LogP) is 21.1. The van der Waals surface area contributed by atoms with E-state index in [2.05, 4.69) is 179 Å². The van der Waals surface area contributed by atoms with Crippen LogP contribution in [-0.4, -0.2) is 44.2 Å². The van der Waals surface area contributed by atoms with E-state index >= 15 is 0 Å². The van der Waals surface area contributed by atoms with Crippen molar-refractivity contribution in [2.75, 3.05) is 0 Å². The summed E-state index contributed by atoms with van der Waals surface area (Å²) in [6, 6.07) is 101. The second kappa shape index (κ2) is 37.3. The molecule has 486 valence electrons. The van der Waals surface area contributed by atoms with E-state index in [1.165, 1.54) is 33.8 Å². The van der Waals surface area contributed by atoms with Crippen molar-refractivity contribution in [1.29, 1.82) is 0 Å². The summed E-state index contributed by atoms with van der Waals surface area (Å²) >= 11 is 6.21. The average Bonchev–Trinajstić information content (AvgIpc) is 1.99. The Morgan fingerprint density at radius 3 is 1.18 bits per heavy atom. The average molecular weight is 1890 g/mol. The fraction of sp³-hybridized carbons (Fsp3) is 0.0130. The molecular formula is C77H52Cl3N9O4Pt3S. The zero-order chi connectivity index (χ0) is 67.4. The first-order valence-corrected chi connectivity index (χ1v) is 38.6. The van der Waals surface area contributed by atoms with Gasteiger partial charge in [-0.2, -0.15) is 0 Å². The number of nitrogens with zero attached hydrogens (tertiary/aromatic N) is 9. The van der Waals surface area contributed by atoms with Gasteiger partial charge in [-0.25, -0.2) is 29.4 Å².